The minimum atomic E-state index is -0.970. The Morgan fingerprint density at radius 2 is 1.76 bits per heavy atom. The average Bonchev–Trinajstić information content (AvgIpc) is 3.09. The van der Waals surface area contributed by atoms with E-state index in [1.54, 1.807) is 12.1 Å². The standard InChI is InChI=1S/C25H32N4O5/c1-3-16(4-2)22(31)26-14-15-10-12-28(13-11-15)18-7-5-6-17-21(18)25(34)29(24(17)33)19-8-9-20(30)27-23(19)32/h5-7,15-16,19H,3-4,8-14H2,1-2H3,(H,26,31)(H,27,30,32). The van der Waals surface area contributed by atoms with Crippen LogP contribution in [0.5, 0.6) is 0 Å². The maximum atomic E-state index is 13.3. The van der Waals surface area contributed by atoms with Crippen LogP contribution in [0.25, 0.3) is 0 Å². The van der Waals surface area contributed by atoms with Gasteiger partial charge in [0, 0.05) is 32.0 Å². The third-order valence-corrected chi connectivity index (χ3v) is 7.32. The highest BCUT2D eigenvalue weighted by molar-refractivity contribution is 6.25. The van der Waals surface area contributed by atoms with Gasteiger partial charge >= 0.3 is 0 Å². The maximum Gasteiger partial charge on any atom is 0.264 e. The van der Waals surface area contributed by atoms with Crippen LogP contribution in [0.15, 0.2) is 18.2 Å². The normalized spacial score (nSPS) is 21.2. The van der Waals surface area contributed by atoms with E-state index in [9.17, 15) is 24.0 Å². The molecule has 9 heteroatoms. The van der Waals surface area contributed by atoms with Gasteiger partial charge in [0.05, 0.1) is 16.8 Å². The second-order valence-corrected chi connectivity index (χ2v) is 9.34. The first kappa shape index (κ1) is 23.9. The number of carbonyl (C=O) groups is 5. The molecular formula is C25H32N4O5. The van der Waals surface area contributed by atoms with Crippen molar-refractivity contribution in [1.82, 2.24) is 15.5 Å². The molecule has 3 aliphatic rings. The van der Waals surface area contributed by atoms with Crippen molar-refractivity contribution in [2.75, 3.05) is 24.5 Å². The molecule has 1 aromatic rings. The van der Waals surface area contributed by atoms with Gasteiger partial charge in [-0.05, 0) is 50.2 Å². The highest BCUT2D eigenvalue weighted by atomic mass is 16.2. The van der Waals surface area contributed by atoms with Gasteiger partial charge in [-0.3, -0.25) is 34.2 Å². The number of rotatable bonds is 7. The summed E-state index contributed by atoms with van der Waals surface area (Å²) in [5.74, 6) is -1.43. The van der Waals surface area contributed by atoms with E-state index in [0.717, 1.165) is 30.6 Å². The first-order valence-corrected chi connectivity index (χ1v) is 12.2. The number of anilines is 1. The summed E-state index contributed by atoms with van der Waals surface area (Å²) in [4.78, 5) is 65.6. The summed E-state index contributed by atoms with van der Waals surface area (Å²) in [7, 11) is 0. The lowest BCUT2D eigenvalue weighted by molar-refractivity contribution is -0.136. The van der Waals surface area contributed by atoms with Crippen LogP contribution < -0.4 is 15.5 Å². The Morgan fingerprint density at radius 3 is 2.41 bits per heavy atom. The highest BCUT2D eigenvalue weighted by Crippen LogP contribution is 2.35. The quantitative estimate of drug-likeness (QED) is 0.590. The molecule has 0 aromatic heterocycles. The van der Waals surface area contributed by atoms with E-state index >= 15 is 0 Å². The van der Waals surface area contributed by atoms with E-state index < -0.39 is 29.7 Å². The van der Waals surface area contributed by atoms with Crippen LogP contribution in [-0.2, 0) is 14.4 Å². The molecule has 4 rings (SSSR count). The molecule has 1 unspecified atom stereocenters. The second kappa shape index (κ2) is 9.95. The topological polar surface area (TPSA) is 116 Å². The molecule has 0 aliphatic carbocycles. The third kappa shape index (κ3) is 4.43. The molecule has 3 heterocycles. The van der Waals surface area contributed by atoms with Crippen molar-refractivity contribution in [1.29, 1.82) is 0 Å². The number of hydrogen-bond acceptors (Lipinski definition) is 6. The fourth-order valence-corrected chi connectivity index (χ4v) is 5.19. The monoisotopic (exact) mass is 468 g/mol. The molecule has 0 radical (unpaired) electrons. The minimum Gasteiger partial charge on any atom is -0.371 e. The fraction of sp³-hybridized carbons (Fsp3) is 0.560. The van der Waals surface area contributed by atoms with E-state index in [-0.39, 0.29) is 24.7 Å². The Balaban J connectivity index is 1.43. The van der Waals surface area contributed by atoms with Crippen molar-refractivity contribution in [3.63, 3.8) is 0 Å². The molecule has 2 N–H and O–H groups in total. The van der Waals surface area contributed by atoms with E-state index in [0.29, 0.717) is 42.4 Å². The van der Waals surface area contributed by atoms with Gasteiger partial charge in [0.1, 0.15) is 6.04 Å². The number of amides is 5. The van der Waals surface area contributed by atoms with Crippen LogP contribution in [0.1, 0.15) is 73.1 Å². The predicted molar refractivity (Wildman–Crippen MR) is 125 cm³/mol. The maximum absolute atomic E-state index is 13.3. The lowest BCUT2D eigenvalue weighted by Crippen LogP contribution is -2.54. The van der Waals surface area contributed by atoms with Crippen LogP contribution >= 0.6 is 0 Å². The average molecular weight is 469 g/mol. The largest absolute Gasteiger partial charge is 0.371 e. The van der Waals surface area contributed by atoms with Crippen LogP contribution in [0.2, 0.25) is 0 Å². The molecule has 2 saturated heterocycles. The summed E-state index contributed by atoms with van der Waals surface area (Å²) in [6, 6.07) is 4.25. The van der Waals surface area contributed by atoms with Gasteiger partial charge in [-0.15, -0.1) is 0 Å². The number of nitrogens with zero attached hydrogens (tertiary/aromatic N) is 2. The Morgan fingerprint density at radius 1 is 1.06 bits per heavy atom. The molecule has 0 spiro atoms. The SMILES string of the molecule is CCC(CC)C(=O)NCC1CCN(c2cccc3c2C(=O)N(C2CCC(=O)NC2=O)C3=O)CC1. The molecular weight excluding hydrogens is 436 g/mol. The summed E-state index contributed by atoms with van der Waals surface area (Å²) in [5, 5.41) is 5.31. The zero-order valence-electron chi connectivity index (χ0n) is 19.8. The van der Waals surface area contributed by atoms with Crippen molar-refractivity contribution in [2.24, 2.45) is 11.8 Å². The molecule has 3 aliphatic heterocycles. The van der Waals surface area contributed by atoms with Gasteiger partial charge in [0.25, 0.3) is 11.8 Å². The van der Waals surface area contributed by atoms with Crippen LogP contribution in [0.4, 0.5) is 5.69 Å². The van der Waals surface area contributed by atoms with Gasteiger partial charge in [-0.25, -0.2) is 0 Å². The van der Waals surface area contributed by atoms with Crippen molar-refractivity contribution in [2.45, 2.75) is 58.4 Å². The van der Waals surface area contributed by atoms with E-state index in [4.69, 9.17) is 0 Å². The summed E-state index contributed by atoms with van der Waals surface area (Å²) in [6.45, 7) is 6.12. The Kier molecular flexibility index (Phi) is 7.00. The summed E-state index contributed by atoms with van der Waals surface area (Å²) >= 11 is 0. The van der Waals surface area contributed by atoms with E-state index in [1.165, 1.54) is 0 Å². The zero-order valence-corrected chi connectivity index (χ0v) is 19.8. The molecule has 1 aromatic carbocycles. The van der Waals surface area contributed by atoms with Crippen molar-refractivity contribution >= 4 is 35.2 Å². The van der Waals surface area contributed by atoms with Crippen LogP contribution in [-0.4, -0.2) is 60.1 Å². The van der Waals surface area contributed by atoms with Gasteiger partial charge in [-0.1, -0.05) is 19.9 Å². The molecule has 2 fully saturated rings. The first-order chi connectivity index (χ1) is 16.3. The number of benzene rings is 1. The number of imide groups is 2. The predicted octanol–water partition coefficient (Wildman–Crippen LogP) is 1.86. The Bertz CT molecular complexity index is 1010. The van der Waals surface area contributed by atoms with Crippen molar-refractivity contribution < 1.29 is 24.0 Å². The summed E-state index contributed by atoms with van der Waals surface area (Å²) in [6.07, 6.45) is 3.64. The number of nitrogens with one attached hydrogen (secondary N) is 2. The highest BCUT2D eigenvalue weighted by Gasteiger charge is 2.46. The summed E-state index contributed by atoms with van der Waals surface area (Å²) in [5.41, 5.74) is 1.33. The second-order valence-electron chi connectivity index (χ2n) is 9.34. The smallest absolute Gasteiger partial charge is 0.264 e. The minimum absolute atomic E-state index is 0.0582. The van der Waals surface area contributed by atoms with E-state index in [2.05, 4.69) is 15.5 Å². The lowest BCUT2D eigenvalue weighted by Gasteiger charge is -2.34. The van der Waals surface area contributed by atoms with Crippen molar-refractivity contribution in [3.8, 4) is 0 Å². The van der Waals surface area contributed by atoms with Gasteiger partial charge in [-0.2, -0.15) is 0 Å². The molecule has 9 nitrogen and oxygen atoms in total. The molecule has 0 bridgehead atoms. The number of carbonyl (C=O) groups excluding carboxylic acids is 5. The summed E-state index contributed by atoms with van der Waals surface area (Å²) < 4.78 is 0. The van der Waals surface area contributed by atoms with Gasteiger partial charge in [0.15, 0.2) is 0 Å². The molecule has 0 saturated carbocycles. The fourth-order valence-electron chi connectivity index (χ4n) is 5.19. The number of hydrogen-bond donors (Lipinski definition) is 2. The molecule has 34 heavy (non-hydrogen) atoms. The van der Waals surface area contributed by atoms with Gasteiger partial charge < -0.3 is 10.2 Å². The number of fused-ring (bicyclic) bond motifs is 1. The van der Waals surface area contributed by atoms with Crippen LogP contribution in [0, 0.1) is 11.8 Å². The molecule has 1 atom stereocenters. The van der Waals surface area contributed by atoms with Crippen molar-refractivity contribution in [3.05, 3.63) is 29.3 Å². The first-order valence-electron chi connectivity index (χ1n) is 12.2. The third-order valence-electron chi connectivity index (χ3n) is 7.32. The molecule has 182 valence electrons. The molecule has 5 amide bonds. The lowest BCUT2D eigenvalue weighted by atomic mass is 9.94. The van der Waals surface area contributed by atoms with E-state index in [1.807, 2.05) is 19.9 Å². The van der Waals surface area contributed by atoms with Gasteiger partial charge in [0.2, 0.25) is 17.7 Å². The zero-order chi connectivity index (χ0) is 24.4. The Labute approximate surface area is 199 Å². The van der Waals surface area contributed by atoms with Crippen LogP contribution in [0.3, 0.4) is 0 Å². The number of piperidine rings is 2. The Hall–Kier alpha value is -3.23.